The van der Waals surface area contributed by atoms with Crippen LogP contribution in [0.5, 0.6) is 5.75 Å². The number of anilines is 1. The lowest BCUT2D eigenvalue weighted by molar-refractivity contribution is -0.145. The van der Waals surface area contributed by atoms with Gasteiger partial charge in [-0.15, -0.1) is 0 Å². The molecule has 1 aliphatic heterocycles. The van der Waals surface area contributed by atoms with E-state index in [0.29, 0.717) is 6.54 Å². The minimum Gasteiger partial charge on any atom is -0.497 e. The number of amides is 1. The van der Waals surface area contributed by atoms with E-state index in [4.69, 9.17) is 4.74 Å². The Balaban J connectivity index is 2.13. The van der Waals surface area contributed by atoms with Gasteiger partial charge in [-0.2, -0.15) is 0 Å². The quantitative estimate of drug-likeness (QED) is 0.756. The number of benzene rings is 1. The predicted octanol–water partition coefficient (Wildman–Crippen LogP) is 1.22. The number of hydrogen-bond acceptors (Lipinski definition) is 4. The van der Waals surface area contributed by atoms with Crippen molar-refractivity contribution in [2.24, 2.45) is 5.92 Å². The summed E-state index contributed by atoms with van der Waals surface area (Å²) < 4.78 is 9.72. The van der Waals surface area contributed by atoms with Gasteiger partial charge in [0.25, 0.3) is 0 Å². The summed E-state index contributed by atoms with van der Waals surface area (Å²) in [6.07, 6.45) is 0.207. The monoisotopic (exact) mass is 249 g/mol. The minimum atomic E-state index is -0.371. The van der Waals surface area contributed by atoms with Crippen molar-refractivity contribution in [3.8, 4) is 5.75 Å². The van der Waals surface area contributed by atoms with Gasteiger partial charge in [-0.05, 0) is 24.3 Å². The Morgan fingerprint density at radius 1 is 1.28 bits per heavy atom. The fraction of sp³-hybridized carbons (Fsp3) is 0.385. The fourth-order valence-electron chi connectivity index (χ4n) is 2.04. The standard InChI is InChI=1S/C13H15NO4/c1-17-11-5-3-10(4-6-11)14-8-9(7-12(14)15)13(16)18-2/h3-6,9H,7-8H2,1-2H3. The zero-order chi connectivity index (χ0) is 13.1. The minimum absolute atomic E-state index is 0.0597. The molecule has 0 saturated carbocycles. The molecule has 5 heteroatoms. The molecule has 0 aliphatic carbocycles. The van der Waals surface area contributed by atoms with Crippen molar-refractivity contribution in [3.63, 3.8) is 0 Å². The first-order valence-corrected chi connectivity index (χ1v) is 5.68. The number of rotatable bonds is 3. The molecule has 0 N–H and O–H groups in total. The molecule has 0 spiro atoms. The lowest BCUT2D eigenvalue weighted by Crippen LogP contribution is -2.26. The van der Waals surface area contributed by atoms with Gasteiger partial charge in [-0.1, -0.05) is 0 Å². The van der Waals surface area contributed by atoms with E-state index in [1.165, 1.54) is 7.11 Å². The predicted molar refractivity (Wildman–Crippen MR) is 65.5 cm³/mol. The van der Waals surface area contributed by atoms with Crippen LogP contribution in [-0.2, 0) is 14.3 Å². The second kappa shape index (κ2) is 5.08. The molecule has 0 radical (unpaired) electrons. The van der Waals surface area contributed by atoms with Gasteiger partial charge in [-0.25, -0.2) is 0 Å². The molecule has 0 bridgehead atoms. The van der Waals surface area contributed by atoms with E-state index in [2.05, 4.69) is 4.74 Å². The number of ether oxygens (including phenoxy) is 2. The van der Waals surface area contributed by atoms with Gasteiger partial charge in [0.15, 0.2) is 0 Å². The zero-order valence-electron chi connectivity index (χ0n) is 10.4. The van der Waals surface area contributed by atoms with Crippen LogP contribution in [0.4, 0.5) is 5.69 Å². The second-order valence-corrected chi connectivity index (χ2v) is 4.13. The van der Waals surface area contributed by atoms with Crippen molar-refractivity contribution in [1.82, 2.24) is 0 Å². The van der Waals surface area contributed by atoms with Gasteiger partial charge < -0.3 is 14.4 Å². The van der Waals surface area contributed by atoms with Gasteiger partial charge in [-0.3, -0.25) is 9.59 Å². The van der Waals surface area contributed by atoms with Crippen molar-refractivity contribution < 1.29 is 19.1 Å². The van der Waals surface area contributed by atoms with E-state index in [-0.39, 0.29) is 24.2 Å². The van der Waals surface area contributed by atoms with Crippen LogP contribution in [0, 0.1) is 5.92 Å². The molecule has 5 nitrogen and oxygen atoms in total. The SMILES string of the molecule is COC(=O)C1CC(=O)N(c2ccc(OC)cc2)C1. The third-order valence-corrected chi connectivity index (χ3v) is 3.04. The maximum absolute atomic E-state index is 11.8. The van der Waals surface area contributed by atoms with E-state index in [0.717, 1.165) is 11.4 Å². The molecule has 96 valence electrons. The first-order valence-electron chi connectivity index (χ1n) is 5.68. The number of carbonyl (C=O) groups is 2. The maximum Gasteiger partial charge on any atom is 0.311 e. The fourth-order valence-corrected chi connectivity index (χ4v) is 2.04. The molecule has 1 aliphatic rings. The van der Waals surface area contributed by atoms with Crippen molar-refractivity contribution in [2.75, 3.05) is 25.7 Å². The third-order valence-electron chi connectivity index (χ3n) is 3.04. The van der Waals surface area contributed by atoms with Crippen LogP contribution < -0.4 is 9.64 Å². The highest BCUT2D eigenvalue weighted by Gasteiger charge is 2.35. The van der Waals surface area contributed by atoms with Gasteiger partial charge in [0.2, 0.25) is 5.91 Å². The van der Waals surface area contributed by atoms with Crippen molar-refractivity contribution in [2.45, 2.75) is 6.42 Å². The van der Waals surface area contributed by atoms with Crippen LogP contribution >= 0.6 is 0 Å². The van der Waals surface area contributed by atoms with Gasteiger partial charge in [0, 0.05) is 18.7 Å². The molecular formula is C13H15NO4. The number of carbonyl (C=O) groups excluding carboxylic acids is 2. The largest absolute Gasteiger partial charge is 0.497 e. The molecule has 1 saturated heterocycles. The van der Waals surface area contributed by atoms with Crippen molar-refractivity contribution >= 4 is 17.6 Å². The molecule has 1 fully saturated rings. The van der Waals surface area contributed by atoms with E-state index < -0.39 is 0 Å². The van der Waals surface area contributed by atoms with Crippen LogP contribution in [0.15, 0.2) is 24.3 Å². The van der Waals surface area contributed by atoms with E-state index in [1.54, 1.807) is 36.3 Å². The molecule has 1 heterocycles. The summed E-state index contributed by atoms with van der Waals surface area (Å²) in [5.41, 5.74) is 0.771. The van der Waals surface area contributed by atoms with Crippen LogP contribution in [0.3, 0.4) is 0 Å². The molecule has 1 atom stereocenters. The van der Waals surface area contributed by atoms with Crippen molar-refractivity contribution in [3.05, 3.63) is 24.3 Å². The van der Waals surface area contributed by atoms with E-state index >= 15 is 0 Å². The Morgan fingerprint density at radius 2 is 1.94 bits per heavy atom. The highest BCUT2D eigenvalue weighted by Crippen LogP contribution is 2.27. The van der Waals surface area contributed by atoms with Crippen LogP contribution in [-0.4, -0.2) is 32.6 Å². The Bertz CT molecular complexity index is 455. The van der Waals surface area contributed by atoms with Gasteiger partial charge in [0.05, 0.1) is 20.1 Å². The Hall–Kier alpha value is -2.04. The Kier molecular flexibility index (Phi) is 3.50. The molecule has 18 heavy (non-hydrogen) atoms. The number of hydrogen-bond donors (Lipinski definition) is 0. The van der Waals surface area contributed by atoms with Gasteiger partial charge in [0.1, 0.15) is 5.75 Å². The highest BCUT2D eigenvalue weighted by molar-refractivity contribution is 5.99. The van der Waals surface area contributed by atoms with Crippen LogP contribution in [0.1, 0.15) is 6.42 Å². The first-order chi connectivity index (χ1) is 8.65. The third kappa shape index (κ3) is 2.30. The maximum atomic E-state index is 11.8. The van der Waals surface area contributed by atoms with Crippen molar-refractivity contribution in [1.29, 1.82) is 0 Å². The summed E-state index contributed by atoms with van der Waals surface area (Å²) in [5, 5.41) is 0. The zero-order valence-corrected chi connectivity index (χ0v) is 10.4. The summed E-state index contributed by atoms with van der Waals surface area (Å²) in [4.78, 5) is 24.9. The summed E-state index contributed by atoms with van der Waals surface area (Å²) in [6.45, 7) is 0.373. The lowest BCUT2D eigenvalue weighted by atomic mass is 10.1. The number of methoxy groups -OCH3 is 2. The van der Waals surface area contributed by atoms with E-state index in [1.807, 2.05) is 0 Å². The molecular weight excluding hydrogens is 234 g/mol. The average Bonchev–Trinajstić information content (AvgIpc) is 2.80. The molecule has 1 unspecified atom stereocenters. The normalized spacial score (nSPS) is 18.9. The molecule has 0 aromatic heterocycles. The highest BCUT2D eigenvalue weighted by atomic mass is 16.5. The molecule has 1 aromatic rings. The Labute approximate surface area is 105 Å². The smallest absolute Gasteiger partial charge is 0.311 e. The molecule has 1 amide bonds. The number of nitrogens with zero attached hydrogens (tertiary/aromatic N) is 1. The summed E-state index contributed by atoms with van der Waals surface area (Å²) in [6, 6.07) is 7.18. The van der Waals surface area contributed by atoms with Crippen LogP contribution in [0.25, 0.3) is 0 Å². The molecule has 2 rings (SSSR count). The summed E-state index contributed by atoms with van der Waals surface area (Å²) in [5.74, 6) is -0.0329. The number of esters is 1. The lowest BCUT2D eigenvalue weighted by Gasteiger charge is -2.16. The topological polar surface area (TPSA) is 55.8 Å². The van der Waals surface area contributed by atoms with Gasteiger partial charge >= 0.3 is 5.97 Å². The summed E-state index contributed by atoms with van der Waals surface area (Å²) in [7, 11) is 2.92. The molecule has 1 aromatic carbocycles. The average molecular weight is 249 g/mol. The second-order valence-electron chi connectivity index (χ2n) is 4.13. The van der Waals surface area contributed by atoms with Crippen LogP contribution in [0.2, 0.25) is 0 Å². The first kappa shape index (κ1) is 12.4. The van der Waals surface area contributed by atoms with E-state index in [9.17, 15) is 9.59 Å². The summed E-state index contributed by atoms with van der Waals surface area (Å²) >= 11 is 0. The Morgan fingerprint density at radius 3 is 2.50 bits per heavy atom.